The summed E-state index contributed by atoms with van der Waals surface area (Å²) in [7, 11) is 0.737. The van der Waals surface area contributed by atoms with Crippen molar-refractivity contribution in [1.82, 2.24) is 24.1 Å². The second kappa shape index (κ2) is 8.94. The first-order valence-corrected chi connectivity index (χ1v) is 10.8. The molecule has 11 heteroatoms. The minimum atomic E-state index is -3.96. The van der Waals surface area contributed by atoms with Crippen molar-refractivity contribution in [1.29, 1.82) is 0 Å². The van der Waals surface area contributed by atoms with Gasteiger partial charge in [-0.2, -0.15) is 4.31 Å². The summed E-state index contributed by atoms with van der Waals surface area (Å²) in [5.74, 6) is -0.773. The Kier molecular flexibility index (Phi) is 6.54. The molecular weight excluding hydrogens is 410 g/mol. The fraction of sp³-hybridized carbons (Fsp3) is 0.421. The molecule has 1 aliphatic heterocycles. The van der Waals surface area contributed by atoms with Gasteiger partial charge in [0.1, 0.15) is 11.2 Å². The number of sulfonamides is 1. The number of nitrogens with zero attached hydrogens (tertiary/aromatic N) is 4. The lowest BCUT2D eigenvalue weighted by Gasteiger charge is -2.21. The van der Waals surface area contributed by atoms with Gasteiger partial charge in [-0.25, -0.2) is 13.4 Å². The maximum absolute atomic E-state index is 13.3. The van der Waals surface area contributed by atoms with Gasteiger partial charge in [-0.3, -0.25) is 14.2 Å². The molecule has 0 aliphatic carbocycles. The molecule has 0 bridgehead atoms. The van der Waals surface area contributed by atoms with Crippen LogP contribution in [0.5, 0.6) is 0 Å². The van der Waals surface area contributed by atoms with E-state index in [1.807, 2.05) is 0 Å². The third kappa shape index (κ3) is 4.23. The number of fused-ring (bicyclic) bond motifs is 3. The Morgan fingerprint density at radius 1 is 1.27 bits per heavy atom. The van der Waals surface area contributed by atoms with Crippen LogP contribution in [-0.4, -0.2) is 79.9 Å². The van der Waals surface area contributed by atoms with E-state index >= 15 is 0 Å². The van der Waals surface area contributed by atoms with Crippen molar-refractivity contribution >= 4 is 21.8 Å². The number of hydrogen-bond donors (Lipinski definition) is 1. The highest BCUT2D eigenvalue weighted by Crippen LogP contribution is 2.31. The Morgan fingerprint density at radius 3 is 2.70 bits per heavy atom. The lowest BCUT2D eigenvalue weighted by Crippen LogP contribution is -2.39. The first-order chi connectivity index (χ1) is 14.3. The summed E-state index contributed by atoms with van der Waals surface area (Å²) in [5.41, 5.74) is 0.916. The molecule has 1 aliphatic rings. The van der Waals surface area contributed by atoms with Gasteiger partial charge in [0.25, 0.3) is 5.91 Å². The zero-order valence-electron chi connectivity index (χ0n) is 17.2. The number of ether oxygens (including phenoxy) is 1. The molecule has 0 radical (unpaired) electrons. The second-order valence-corrected chi connectivity index (χ2v) is 8.95. The largest absolute Gasteiger partial charge is 0.385 e. The van der Waals surface area contributed by atoms with Crippen LogP contribution in [0.15, 0.2) is 35.5 Å². The van der Waals surface area contributed by atoms with Crippen molar-refractivity contribution < 1.29 is 22.7 Å². The Hall–Kier alpha value is -2.76. The van der Waals surface area contributed by atoms with E-state index in [0.29, 0.717) is 31.0 Å². The minimum absolute atomic E-state index is 0.0553. The number of aromatic nitrogens is 2. The van der Waals surface area contributed by atoms with Crippen LogP contribution in [0.2, 0.25) is 0 Å². The number of nitrogens with one attached hydrogen (secondary N) is 1. The summed E-state index contributed by atoms with van der Waals surface area (Å²) < 4.78 is 34.2. The third-order valence-corrected chi connectivity index (χ3v) is 6.61. The minimum Gasteiger partial charge on any atom is -0.385 e. The molecule has 2 amide bonds. The molecule has 2 heterocycles. The fourth-order valence-corrected chi connectivity index (χ4v) is 4.65. The molecule has 3 rings (SSSR count). The standard InChI is InChI=1S/C19H25N5O5S/c1-22(2)17(25)12-23-11-15-18(19(26)20-9-6-10-29-3)21-13-24(15)14-7-4-5-8-16(14)30(23,27)28/h4-5,7-8,13H,6,9-12H2,1-3H3,(H,20,26). The van der Waals surface area contributed by atoms with Gasteiger partial charge in [0.05, 0.1) is 24.5 Å². The molecule has 10 nitrogen and oxygen atoms in total. The quantitative estimate of drug-likeness (QED) is 0.623. The van der Waals surface area contributed by atoms with Crippen LogP contribution in [0.25, 0.3) is 5.69 Å². The first-order valence-electron chi connectivity index (χ1n) is 9.40. The number of imidazole rings is 1. The van der Waals surface area contributed by atoms with Gasteiger partial charge in [-0.15, -0.1) is 0 Å². The topological polar surface area (TPSA) is 114 Å². The fourth-order valence-electron chi connectivity index (χ4n) is 3.12. The maximum atomic E-state index is 13.3. The van der Waals surface area contributed by atoms with E-state index < -0.39 is 15.9 Å². The molecule has 0 saturated heterocycles. The molecule has 2 aromatic rings. The van der Waals surface area contributed by atoms with Gasteiger partial charge in [0.15, 0.2) is 5.69 Å². The zero-order chi connectivity index (χ0) is 21.9. The van der Waals surface area contributed by atoms with E-state index in [2.05, 4.69) is 10.3 Å². The van der Waals surface area contributed by atoms with Crippen LogP contribution in [0, 0.1) is 0 Å². The molecule has 0 saturated carbocycles. The van der Waals surface area contributed by atoms with E-state index in [1.165, 1.54) is 17.3 Å². The number of hydrogen-bond acceptors (Lipinski definition) is 6. The van der Waals surface area contributed by atoms with Crippen molar-refractivity contribution in [3.8, 4) is 5.69 Å². The van der Waals surface area contributed by atoms with Crippen LogP contribution in [0.1, 0.15) is 22.6 Å². The number of likely N-dealkylation sites (N-methyl/N-ethyl adjacent to an activating group) is 1. The summed E-state index contributed by atoms with van der Waals surface area (Å²) in [6, 6.07) is 6.46. The molecule has 30 heavy (non-hydrogen) atoms. The Bertz CT molecular complexity index is 1050. The Morgan fingerprint density at radius 2 is 2.00 bits per heavy atom. The lowest BCUT2D eigenvalue weighted by molar-refractivity contribution is -0.128. The van der Waals surface area contributed by atoms with E-state index in [4.69, 9.17) is 4.74 Å². The molecule has 1 N–H and O–H groups in total. The van der Waals surface area contributed by atoms with E-state index in [-0.39, 0.29) is 29.6 Å². The lowest BCUT2D eigenvalue weighted by atomic mass is 10.2. The predicted molar refractivity (Wildman–Crippen MR) is 109 cm³/mol. The number of rotatable bonds is 7. The number of carbonyl (C=O) groups is 2. The van der Waals surface area contributed by atoms with Gasteiger partial charge < -0.3 is 15.0 Å². The van der Waals surface area contributed by atoms with Crippen molar-refractivity contribution in [3.63, 3.8) is 0 Å². The highest BCUT2D eigenvalue weighted by Gasteiger charge is 2.36. The number of para-hydroxylation sites is 1. The number of amides is 2. The first kappa shape index (κ1) is 21.9. The Labute approximate surface area is 175 Å². The molecule has 1 aromatic heterocycles. The molecule has 162 valence electrons. The van der Waals surface area contributed by atoms with Crippen LogP contribution < -0.4 is 5.32 Å². The van der Waals surface area contributed by atoms with Crippen molar-refractivity contribution in [2.24, 2.45) is 0 Å². The number of methoxy groups -OCH3 is 1. The number of benzene rings is 1. The molecule has 0 fully saturated rings. The van der Waals surface area contributed by atoms with Gasteiger partial charge in [0, 0.05) is 34.4 Å². The highest BCUT2D eigenvalue weighted by molar-refractivity contribution is 7.89. The molecule has 1 aromatic carbocycles. The Balaban J connectivity index is 2.03. The molecule has 0 spiro atoms. The van der Waals surface area contributed by atoms with Gasteiger partial charge in [0.2, 0.25) is 15.9 Å². The van der Waals surface area contributed by atoms with Crippen LogP contribution >= 0.6 is 0 Å². The summed E-state index contributed by atoms with van der Waals surface area (Å²) in [6.45, 7) is 0.408. The van der Waals surface area contributed by atoms with Crippen LogP contribution in [0.4, 0.5) is 0 Å². The van der Waals surface area contributed by atoms with Gasteiger partial charge in [-0.05, 0) is 18.6 Å². The van der Waals surface area contributed by atoms with Gasteiger partial charge >= 0.3 is 0 Å². The SMILES string of the molecule is COCCCNC(=O)c1ncn2c1CN(CC(=O)N(C)C)S(=O)(=O)c1ccccc1-2. The van der Waals surface area contributed by atoms with Crippen LogP contribution in [0.3, 0.4) is 0 Å². The smallest absolute Gasteiger partial charge is 0.271 e. The van der Waals surface area contributed by atoms with Crippen molar-refractivity contribution in [2.45, 2.75) is 17.9 Å². The normalized spacial score (nSPS) is 15.0. The zero-order valence-corrected chi connectivity index (χ0v) is 18.0. The highest BCUT2D eigenvalue weighted by atomic mass is 32.2. The van der Waals surface area contributed by atoms with Crippen molar-refractivity contribution in [2.75, 3.05) is 40.9 Å². The maximum Gasteiger partial charge on any atom is 0.271 e. The molecule has 0 atom stereocenters. The van der Waals surface area contributed by atoms with E-state index in [9.17, 15) is 18.0 Å². The average Bonchev–Trinajstić information content (AvgIpc) is 3.10. The average molecular weight is 436 g/mol. The molecular formula is C19H25N5O5S. The van der Waals surface area contributed by atoms with E-state index in [1.54, 1.807) is 44.0 Å². The number of carbonyl (C=O) groups excluding carboxylic acids is 2. The summed E-state index contributed by atoms with van der Waals surface area (Å²) in [4.78, 5) is 30.6. The van der Waals surface area contributed by atoms with E-state index in [0.717, 1.165) is 4.31 Å². The third-order valence-electron chi connectivity index (χ3n) is 4.77. The predicted octanol–water partition coefficient (Wildman–Crippen LogP) is 0.231. The second-order valence-electron chi connectivity index (χ2n) is 7.04. The summed E-state index contributed by atoms with van der Waals surface area (Å²) in [6.07, 6.45) is 2.07. The summed E-state index contributed by atoms with van der Waals surface area (Å²) in [5, 5.41) is 2.77. The van der Waals surface area contributed by atoms with Crippen molar-refractivity contribution in [3.05, 3.63) is 42.0 Å². The van der Waals surface area contributed by atoms with Crippen LogP contribution in [-0.2, 0) is 26.1 Å². The molecule has 0 unspecified atom stereocenters. The monoisotopic (exact) mass is 435 g/mol. The summed E-state index contributed by atoms with van der Waals surface area (Å²) >= 11 is 0. The van der Waals surface area contributed by atoms with Gasteiger partial charge in [-0.1, -0.05) is 12.1 Å².